The normalized spacial score (nSPS) is 22.5. The van der Waals surface area contributed by atoms with Crippen LogP contribution in [0.25, 0.3) is 0 Å². The van der Waals surface area contributed by atoms with E-state index in [4.69, 9.17) is 0 Å². The molecular formula is C17H16N2O3S2. The highest BCUT2D eigenvalue weighted by atomic mass is 32.2. The second-order valence-corrected chi connectivity index (χ2v) is 7.01. The Morgan fingerprint density at radius 2 is 2.08 bits per heavy atom. The molecule has 1 unspecified atom stereocenters. The first-order chi connectivity index (χ1) is 11.5. The van der Waals surface area contributed by atoms with Gasteiger partial charge in [-0.05, 0) is 11.1 Å². The van der Waals surface area contributed by atoms with Gasteiger partial charge in [0.25, 0.3) is 5.91 Å². The number of fused-ring (bicyclic) bond motifs is 1. The van der Waals surface area contributed by atoms with E-state index in [1.807, 2.05) is 30.3 Å². The highest BCUT2D eigenvalue weighted by molar-refractivity contribution is 8.00. The number of benzene rings is 1. The summed E-state index contributed by atoms with van der Waals surface area (Å²) in [6.45, 7) is 3.67. The van der Waals surface area contributed by atoms with Gasteiger partial charge in [-0.1, -0.05) is 55.6 Å². The minimum atomic E-state index is -0.611. The van der Waals surface area contributed by atoms with Crippen LogP contribution in [-0.2, 0) is 20.8 Å². The standard InChI is InChI=1S/C17H16N2O3S2/c1-2-11-9-24-16-13(15(21)19(16)14(11)17(22)23)18-12(20)8-10-6-4-3-5-7-10/h2-7,13,16H,1,8-9H2,(H,18,20)(H,22,23)/t13?,16-/m1/s1. The Hall–Kier alpha value is -1.99. The lowest BCUT2D eigenvalue weighted by Gasteiger charge is -2.49. The minimum absolute atomic E-state index is 0.211. The second-order valence-electron chi connectivity index (χ2n) is 5.50. The first-order valence-electron chi connectivity index (χ1n) is 7.39. The van der Waals surface area contributed by atoms with Crippen molar-refractivity contribution < 1.29 is 14.4 Å². The third-order valence-corrected chi connectivity index (χ3v) is 5.48. The van der Waals surface area contributed by atoms with Crippen molar-refractivity contribution in [2.75, 3.05) is 5.75 Å². The first kappa shape index (κ1) is 16.9. The van der Waals surface area contributed by atoms with E-state index in [0.717, 1.165) is 5.56 Å². The van der Waals surface area contributed by atoms with Crippen molar-refractivity contribution in [1.29, 1.82) is 0 Å². The Kier molecular flexibility index (Phi) is 4.82. The van der Waals surface area contributed by atoms with Gasteiger partial charge >= 0.3 is 0 Å². The zero-order valence-corrected chi connectivity index (χ0v) is 14.5. The highest BCUT2D eigenvalue weighted by Crippen LogP contribution is 2.41. The molecule has 1 N–H and O–H groups in total. The number of nitrogens with one attached hydrogen (secondary N) is 1. The van der Waals surface area contributed by atoms with Crippen molar-refractivity contribution in [2.24, 2.45) is 0 Å². The number of carbonyl (C=O) groups is 3. The Bertz CT molecular complexity index is 745. The molecular weight excluding hydrogens is 344 g/mol. The molecule has 1 fully saturated rings. The lowest BCUT2D eigenvalue weighted by Crippen LogP contribution is -2.70. The van der Waals surface area contributed by atoms with Gasteiger partial charge < -0.3 is 5.32 Å². The van der Waals surface area contributed by atoms with Crippen LogP contribution in [0.5, 0.6) is 0 Å². The molecule has 2 aliphatic heterocycles. The Balaban J connectivity index is 1.70. The summed E-state index contributed by atoms with van der Waals surface area (Å²) < 4.78 is 0. The molecule has 2 atom stereocenters. The van der Waals surface area contributed by atoms with Crippen molar-refractivity contribution >= 4 is 41.3 Å². The number of amides is 2. The Labute approximate surface area is 149 Å². The number of hydrogen-bond acceptors (Lipinski definition) is 4. The molecule has 124 valence electrons. The molecule has 2 heterocycles. The average molecular weight is 360 g/mol. The summed E-state index contributed by atoms with van der Waals surface area (Å²) in [7, 11) is 0. The zero-order valence-electron chi connectivity index (χ0n) is 12.8. The smallest absolute Gasteiger partial charge is 0.253 e. The third-order valence-electron chi connectivity index (χ3n) is 3.97. The molecule has 1 aromatic carbocycles. The molecule has 7 heteroatoms. The maximum Gasteiger partial charge on any atom is 0.253 e. The zero-order chi connectivity index (χ0) is 17.3. The van der Waals surface area contributed by atoms with Crippen LogP contribution in [0.2, 0.25) is 0 Å². The SMILES string of the molecule is C=CC1=C(C(=O)S)N2C(=O)C(NC(=O)Cc3ccccc3)[C@H]2SC1. The highest BCUT2D eigenvalue weighted by Gasteiger charge is 2.53. The summed E-state index contributed by atoms with van der Waals surface area (Å²) in [4.78, 5) is 37.7. The molecule has 0 saturated carbocycles. The number of rotatable bonds is 5. The van der Waals surface area contributed by atoms with E-state index in [9.17, 15) is 14.4 Å². The van der Waals surface area contributed by atoms with Gasteiger partial charge in [0, 0.05) is 5.75 Å². The van der Waals surface area contributed by atoms with Crippen LogP contribution in [0.15, 0.2) is 54.3 Å². The monoisotopic (exact) mass is 360 g/mol. The van der Waals surface area contributed by atoms with Crippen LogP contribution < -0.4 is 5.32 Å². The summed E-state index contributed by atoms with van der Waals surface area (Å²) in [5, 5.41) is 2.04. The fraction of sp³-hybridized carbons (Fsp3) is 0.235. The van der Waals surface area contributed by atoms with Gasteiger partial charge in [-0.15, -0.1) is 11.8 Å². The molecule has 3 rings (SSSR count). The lowest BCUT2D eigenvalue weighted by molar-refractivity contribution is -0.146. The molecule has 0 spiro atoms. The number of thiol groups is 1. The van der Waals surface area contributed by atoms with Gasteiger partial charge in [-0.3, -0.25) is 19.3 Å². The summed E-state index contributed by atoms with van der Waals surface area (Å²) in [5.74, 6) is 0.0624. The average Bonchev–Trinajstić information content (AvgIpc) is 2.58. The van der Waals surface area contributed by atoms with Crippen LogP contribution in [0, 0.1) is 0 Å². The molecule has 2 amide bonds. The van der Waals surface area contributed by atoms with E-state index < -0.39 is 11.2 Å². The molecule has 2 aliphatic rings. The topological polar surface area (TPSA) is 66.5 Å². The van der Waals surface area contributed by atoms with Crippen molar-refractivity contribution in [1.82, 2.24) is 10.2 Å². The molecule has 1 saturated heterocycles. The van der Waals surface area contributed by atoms with Gasteiger partial charge in [0.1, 0.15) is 17.1 Å². The number of carbonyl (C=O) groups excluding carboxylic acids is 3. The molecule has 0 radical (unpaired) electrons. The van der Waals surface area contributed by atoms with Gasteiger partial charge in [-0.25, -0.2) is 0 Å². The number of β-lactam (4-membered cyclic amide) rings is 1. The fourth-order valence-electron chi connectivity index (χ4n) is 2.81. The minimum Gasteiger partial charge on any atom is -0.341 e. The molecule has 1 aromatic rings. The number of nitrogens with zero attached hydrogens (tertiary/aromatic N) is 1. The van der Waals surface area contributed by atoms with Crippen LogP contribution in [0.4, 0.5) is 0 Å². The van der Waals surface area contributed by atoms with E-state index in [-0.39, 0.29) is 29.3 Å². The quantitative estimate of drug-likeness (QED) is 0.617. The van der Waals surface area contributed by atoms with E-state index >= 15 is 0 Å². The molecule has 5 nitrogen and oxygen atoms in total. The first-order valence-corrected chi connectivity index (χ1v) is 8.89. The van der Waals surface area contributed by atoms with Crippen LogP contribution in [0.1, 0.15) is 5.56 Å². The van der Waals surface area contributed by atoms with Crippen LogP contribution in [-0.4, -0.2) is 39.0 Å². The predicted octanol–water partition coefficient (Wildman–Crippen LogP) is 1.53. The maximum absolute atomic E-state index is 12.4. The summed E-state index contributed by atoms with van der Waals surface area (Å²) in [6.07, 6.45) is 1.79. The molecule has 24 heavy (non-hydrogen) atoms. The largest absolute Gasteiger partial charge is 0.341 e. The van der Waals surface area contributed by atoms with Crippen LogP contribution in [0.3, 0.4) is 0 Å². The maximum atomic E-state index is 12.4. The van der Waals surface area contributed by atoms with Gasteiger partial charge in [-0.2, -0.15) is 0 Å². The van der Waals surface area contributed by atoms with Crippen molar-refractivity contribution in [3.63, 3.8) is 0 Å². The molecule has 0 aliphatic carbocycles. The van der Waals surface area contributed by atoms with Gasteiger partial charge in [0.15, 0.2) is 0 Å². The molecule has 0 aromatic heterocycles. The van der Waals surface area contributed by atoms with Gasteiger partial charge in [0.2, 0.25) is 11.0 Å². The van der Waals surface area contributed by atoms with Crippen molar-refractivity contribution in [3.8, 4) is 0 Å². The van der Waals surface area contributed by atoms with E-state index in [1.165, 1.54) is 16.7 Å². The predicted molar refractivity (Wildman–Crippen MR) is 96.4 cm³/mol. The number of hydrogen-bond donors (Lipinski definition) is 2. The van der Waals surface area contributed by atoms with E-state index in [2.05, 4.69) is 24.5 Å². The Morgan fingerprint density at radius 1 is 1.38 bits per heavy atom. The van der Waals surface area contributed by atoms with E-state index in [1.54, 1.807) is 6.08 Å². The summed E-state index contributed by atoms with van der Waals surface area (Å²) in [5.41, 5.74) is 1.85. The summed E-state index contributed by atoms with van der Waals surface area (Å²) in [6, 6.07) is 8.72. The Morgan fingerprint density at radius 3 is 2.71 bits per heavy atom. The lowest BCUT2D eigenvalue weighted by atomic mass is 10.0. The number of thioether (sulfide) groups is 1. The van der Waals surface area contributed by atoms with E-state index in [0.29, 0.717) is 11.3 Å². The molecule has 0 bridgehead atoms. The van der Waals surface area contributed by atoms with Crippen molar-refractivity contribution in [2.45, 2.75) is 17.8 Å². The van der Waals surface area contributed by atoms with Crippen molar-refractivity contribution in [3.05, 3.63) is 59.8 Å². The fourth-order valence-corrected chi connectivity index (χ4v) is 4.40. The third kappa shape index (κ3) is 3.01. The van der Waals surface area contributed by atoms with Crippen LogP contribution >= 0.6 is 24.4 Å². The van der Waals surface area contributed by atoms with Gasteiger partial charge in [0.05, 0.1) is 6.42 Å². The summed E-state index contributed by atoms with van der Waals surface area (Å²) >= 11 is 5.36. The second kappa shape index (κ2) is 6.86. The number of allylic oxidation sites excluding steroid dienone is 1.